The zero-order valence-electron chi connectivity index (χ0n) is 11.6. The minimum Gasteiger partial charge on any atom is -0.436 e. The molecule has 23 heavy (non-hydrogen) atoms. The highest BCUT2D eigenvalue weighted by Crippen LogP contribution is 2.23. The lowest BCUT2D eigenvalue weighted by atomic mass is 10.3. The number of para-hydroxylation sites is 2. The monoisotopic (exact) mass is 316 g/mol. The van der Waals surface area contributed by atoms with Gasteiger partial charge in [0, 0.05) is 0 Å². The Morgan fingerprint density at radius 2 is 1.43 bits per heavy atom. The van der Waals surface area contributed by atoms with Crippen LogP contribution < -0.4 is 14.9 Å². The van der Waals surface area contributed by atoms with Crippen LogP contribution in [0.5, 0.6) is 23.3 Å². The minimum absolute atomic E-state index is 0.0623. The predicted octanol–water partition coefficient (Wildman–Crippen LogP) is 3.63. The fraction of sp³-hybridized carbons (Fsp3) is 0. The van der Waals surface area contributed by atoms with Gasteiger partial charge in [0.15, 0.2) is 23.1 Å². The molecule has 3 rings (SSSR count). The molecule has 0 fully saturated rings. The van der Waals surface area contributed by atoms with E-state index in [0.29, 0.717) is 0 Å². The largest absolute Gasteiger partial charge is 0.436 e. The first-order valence-corrected chi connectivity index (χ1v) is 6.58. The Kier molecular flexibility index (Phi) is 4.01. The fourth-order valence-corrected chi connectivity index (χ4v) is 1.78. The van der Waals surface area contributed by atoms with Crippen LogP contribution in [0.25, 0.3) is 0 Å². The van der Waals surface area contributed by atoms with E-state index >= 15 is 0 Å². The summed E-state index contributed by atoms with van der Waals surface area (Å²) in [5.74, 6) is -1.82. The van der Waals surface area contributed by atoms with E-state index in [2.05, 4.69) is 10.2 Å². The van der Waals surface area contributed by atoms with Crippen molar-refractivity contribution in [3.8, 4) is 23.3 Å². The average Bonchev–Trinajstić information content (AvgIpc) is 2.54. The smallest absolute Gasteiger partial charge is 0.285 e. The molecule has 0 saturated heterocycles. The van der Waals surface area contributed by atoms with Crippen LogP contribution in [0.1, 0.15) is 0 Å². The van der Waals surface area contributed by atoms with E-state index in [1.165, 1.54) is 36.4 Å². The molecule has 1 aromatic heterocycles. The van der Waals surface area contributed by atoms with Crippen molar-refractivity contribution in [2.24, 2.45) is 0 Å². The first-order valence-electron chi connectivity index (χ1n) is 6.58. The van der Waals surface area contributed by atoms with Crippen LogP contribution in [0.2, 0.25) is 0 Å². The van der Waals surface area contributed by atoms with Crippen molar-refractivity contribution in [1.29, 1.82) is 0 Å². The van der Waals surface area contributed by atoms with Gasteiger partial charge in [0.05, 0.1) is 6.07 Å². The predicted molar refractivity (Wildman–Crippen MR) is 77.8 cm³/mol. The van der Waals surface area contributed by atoms with Crippen molar-refractivity contribution in [3.63, 3.8) is 0 Å². The van der Waals surface area contributed by atoms with E-state index in [9.17, 15) is 13.6 Å². The Morgan fingerprint density at radius 3 is 2.00 bits per heavy atom. The van der Waals surface area contributed by atoms with Gasteiger partial charge in [-0.1, -0.05) is 24.3 Å². The molecule has 1 heterocycles. The number of benzene rings is 2. The number of aromatic amines is 1. The van der Waals surface area contributed by atoms with Gasteiger partial charge in [0.1, 0.15) is 0 Å². The van der Waals surface area contributed by atoms with Gasteiger partial charge in [-0.25, -0.2) is 13.9 Å². The quantitative estimate of drug-likeness (QED) is 0.798. The van der Waals surface area contributed by atoms with E-state index in [0.717, 1.165) is 6.07 Å². The van der Waals surface area contributed by atoms with E-state index in [1.54, 1.807) is 12.1 Å². The molecular formula is C16H10F2N2O3. The molecular weight excluding hydrogens is 306 g/mol. The van der Waals surface area contributed by atoms with Crippen molar-refractivity contribution in [3.05, 3.63) is 76.5 Å². The van der Waals surface area contributed by atoms with Crippen molar-refractivity contribution in [2.45, 2.75) is 0 Å². The SMILES string of the molecule is O=c1cc(Oc2ccccc2F)[nH]nc1Oc1ccccc1F. The summed E-state index contributed by atoms with van der Waals surface area (Å²) in [6, 6.07) is 12.4. The molecule has 0 saturated carbocycles. The van der Waals surface area contributed by atoms with Gasteiger partial charge in [-0.3, -0.25) is 4.79 Å². The molecule has 0 atom stereocenters. The summed E-state index contributed by atoms with van der Waals surface area (Å²) < 4.78 is 37.3. The molecule has 5 nitrogen and oxygen atoms in total. The number of aromatic nitrogens is 2. The van der Waals surface area contributed by atoms with Crippen LogP contribution in [-0.4, -0.2) is 10.2 Å². The van der Waals surface area contributed by atoms with Crippen LogP contribution in [0.4, 0.5) is 8.78 Å². The summed E-state index contributed by atoms with van der Waals surface area (Å²) in [6.07, 6.45) is 0. The lowest BCUT2D eigenvalue weighted by Crippen LogP contribution is -2.09. The van der Waals surface area contributed by atoms with Crippen LogP contribution in [-0.2, 0) is 0 Å². The molecule has 1 N–H and O–H groups in total. The summed E-state index contributed by atoms with van der Waals surface area (Å²) in [6.45, 7) is 0. The summed E-state index contributed by atoms with van der Waals surface area (Å²) in [5, 5.41) is 6.07. The maximum atomic E-state index is 13.5. The van der Waals surface area contributed by atoms with Crippen molar-refractivity contribution >= 4 is 0 Å². The van der Waals surface area contributed by atoms with Gasteiger partial charge in [-0.2, -0.15) is 0 Å². The number of halogens is 2. The molecule has 7 heteroatoms. The molecule has 116 valence electrons. The Morgan fingerprint density at radius 1 is 0.870 bits per heavy atom. The average molecular weight is 316 g/mol. The van der Waals surface area contributed by atoms with Gasteiger partial charge in [0.25, 0.3) is 5.88 Å². The Labute approximate surface area is 129 Å². The lowest BCUT2D eigenvalue weighted by Gasteiger charge is -2.07. The molecule has 0 aliphatic carbocycles. The normalized spacial score (nSPS) is 10.3. The number of hydrogen-bond acceptors (Lipinski definition) is 4. The zero-order chi connectivity index (χ0) is 16.2. The molecule has 0 spiro atoms. The third-order valence-corrected chi connectivity index (χ3v) is 2.84. The number of hydrogen-bond donors (Lipinski definition) is 1. The Bertz CT molecular complexity index is 896. The number of rotatable bonds is 4. The molecule has 0 aliphatic heterocycles. The lowest BCUT2D eigenvalue weighted by molar-refractivity contribution is 0.396. The van der Waals surface area contributed by atoms with Gasteiger partial charge >= 0.3 is 0 Å². The second-order valence-electron chi connectivity index (χ2n) is 4.47. The van der Waals surface area contributed by atoms with Gasteiger partial charge in [-0.15, -0.1) is 5.10 Å². The third kappa shape index (κ3) is 3.34. The summed E-state index contributed by atoms with van der Waals surface area (Å²) in [7, 11) is 0. The first kappa shape index (κ1) is 14.7. The summed E-state index contributed by atoms with van der Waals surface area (Å²) >= 11 is 0. The maximum absolute atomic E-state index is 13.5. The van der Waals surface area contributed by atoms with E-state index < -0.39 is 17.1 Å². The zero-order valence-corrected chi connectivity index (χ0v) is 11.6. The van der Waals surface area contributed by atoms with Crippen LogP contribution >= 0.6 is 0 Å². The second kappa shape index (κ2) is 6.27. The van der Waals surface area contributed by atoms with Crippen LogP contribution in [0, 0.1) is 11.6 Å². The highest BCUT2D eigenvalue weighted by Gasteiger charge is 2.11. The fourth-order valence-electron chi connectivity index (χ4n) is 1.78. The van der Waals surface area contributed by atoms with Crippen LogP contribution in [0.3, 0.4) is 0 Å². The topological polar surface area (TPSA) is 64.2 Å². The molecule has 0 radical (unpaired) electrons. The van der Waals surface area contributed by atoms with Gasteiger partial charge in [0.2, 0.25) is 11.3 Å². The molecule has 0 bridgehead atoms. The highest BCUT2D eigenvalue weighted by atomic mass is 19.1. The van der Waals surface area contributed by atoms with E-state index in [-0.39, 0.29) is 23.3 Å². The Balaban J connectivity index is 1.83. The Hall–Kier alpha value is -3.22. The summed E-state index contributed by atoms with van der Waals surface area (Å²) in [5.41, 5.74) is -0.640. The second-order valence-corrected chi connectivity index (χ2v) is 4.47. The summed E-state index contributed by atoms with van der Waals surface area (Å²) in [4.78, 5) is 11.9. The number of H-pyrrole nitrogens is 1. The van der Waals surface area contributed by atoms with E-state index in [4.69, 9.17) is 9.47 Å². The van der Waals surface area contributed by atoms with Crippen molar-refractivity contribution in [2.75, 3.05) is 0 Å². The van der Waals surface area contributed by atoms with E-state index in [1.807, 2.05) is 0 Å². The van der Waals surface area contributed by atoms with Gasteiger partial charge < -0.3 is 9.47 Å². The maximum Gasteiger partial charge on any atom is 0.285 e. The van der Waals surface area contributed by atoms with Crippen molar-refractivity contribution in [1.82, 2.24) is 10.2 Å². The number of ether oxygens (including phenoxy) is 2. The standard InChI is InChI=1S/C16H10F2N2O3/c17-10-5-1-3-7-13(10)22-15-9-12(21)16(20-19-15)23-14-8-4-2-6-11(14)18/h1-9H,(H,19,21). The van der Waals surface area contributed by atoms with Crippen LogP contribution in [0.15, 0.2) is 59.4 Å². The van der Waals surface area contributed by atoms with Gasteiger partial charge in [-0.05, 0) is 24.3 Å². The molecule has 0 amide bonds. The third-order valence-electron chi connectivity index (χ3n) is 2.84. The molecule has 3 aromatic rings. The van der Waals surface area contributed by atoms with Crippen molar-refractivity contribution < 1.29 is 18.3 Å². The molecule has 0 aliphatic rings. The highest BCUT2D eigenvalue weighted by molar-refractivity contribution is 5.31. The number of nitrogens with one attached hydrogen (secondary N) is 1. The molecule has 0 unspecified atom stereocenters. The number of nitrogens with zero attached hydrogens (tertiary/aromatic N) is 1. The molecule has 2 aromatic carbocycles. The minimum atomic E-state index is -0.640. The first-order chi connectivity index (χ1) is 11.1.